The minimum atomic E-state index is -0.130. The van der Waals surface area contributed by atoms with Crippen LogP contribution in [0.4, 0.5) is 0 Å². The molecule has 0 spiro atoms. The van der Waals surface area contributed by atoms with Gasteiger partial charge in [-0.1, -0.05) is 0 Å². The molecular weight excluding hydrogens is 278 g/mol. The summed E-state index contributed by atoms with van der Waals surface area (Å²) in [6, 6.07) is 7.59. The summed E-state index contributed by atoms with van der Waals surface area (Å²) >= 11 is 0. The van der Waals surface area contributed by atoms with Gasteiger partial charge >= 0.3 is 0 Å². The van der Waals surface area contributed by atoms with Crippen LogP contribution in [0.2, 0.25) is 0 Å². The summed E-state index contributed by atoms with van der Waals surface area (Å²) < 4.78 is 1.68. The molecule has 2 fully saturated rings. The van der Waals surface area contributed by atoms with Gasteiger partial charge in [0.2, 0.25) is 0 Å². The van der Waals surface area contributed by atoms with Gasteiger partial charge in [0, 0.05) is 19.1 Å². The van der Waals surface area contributed by atoms with Crippen LogP contribution in [0.15, 0.2) is 24.5 Å². The molecule has 3 atom stereocenters. The molecule has 6 heteroatoms. The molecule has 2 aromatic rings. The van der Waals surface area contributed by atoms with Gasteiger partial charge in [0.05, 0.1) is 5.52 Å². The lowest BCUT2D eigenvalue weighted by atomic mass is 9.97. The zero-order valence-electron chi connectivity index (χ0n) is 12.2. The summed E-state index contributed by atoms with van der Waals surface area (Å²) in [6.45, 7) is 3.27. The highest BCUT2D eigenvalue weighted by molar-refractivity contribution is 5.93. The second-order valence-corrected chi connectivity index (χ2v) is 6.22. The van der Waals surface area contributed by atoms with Crippen molar-refractivity contribution in [2.45, 2.75) is 18.9 Å². The van der Waals surface area contributed by atoms with E-state index in [0.29, 0.717) is 11.4 Å². The Morgan fingerprint density at radius 2 is 2.32 bits per heavy atom. The lowest BCUT2D eigenvalue weighted by molar-refractivity contribution is 0.0904. The molecule has 2 bridgehead atoms. The second-order valence-electron chi connectivity index (χ2n) is 6.22. The van der Waals surface area contributed by atoms with E-state index in [0.717, 1.165) is 30.9 Å². The Morgan fingerprint density at radius 1 is 1.41 bits per heavy atom. The van der Waals surface area contributed by atoms with Crippen molar-refractivity contribution in [3.8, 4) is 6.07 Å². The number of hydrogen-bond donors (Lipinski definition) is 1. The van der Waals surface area contributed by atoms with Crippen LogP contribution in [0.5, 0.6) is 0 Å². The molecule has 2 aromatic heterocycles. The number of carbonyl (C=O) groups is 1. The SMILES string of the molecule is N#Cc1ccc2cc(C(=O)N[C@@H]3CC4CCN(C4)C3)ncn12. The number of rotatable bonds is 2. The minimum absolute atomic E-state index is 0.130. The first-order valence-electron chi connectivity index (χ1n) is 7.63. The molecule has 0 radical (unpaired) electrons. The van der Waals surface area contributed by atoms with Crippen LogP contribution in [0.3, 0.4) is 0 Å². The van der Waals surface area contributed by atoms with Crippen molar-refractivity contribution >= 4 is 11.4 Å². The summed E-state index contributed by atoms with van der Waals surface area (Å²) in [5.74, 6) is 0.591. The van der Waals surface area contributed by atoms with Crippen molar-refractivity contribution < 1.29 is 4.79 Å². The van der Waals surface area contributed by atoms with E-state index < -0.39 is 0 Å². The molecule has 0 aromatic carbocycles. The van der Waals surface area contributed by atoms with Crippen LogP contribution in [0.1, 0.15) is 29.0 Å². The van der Waals surface area contributed by atoms with Gasteiger partial charge < -0.3 is 10.2 Å². The average molecular weight is 295 g/mol. The first-order chi connectivity index (χ1) is 10.7. The molecule has 2 aliphatic rings. The molecule has 2 saturated heterocycles. The first kappa shape index (κ1) is 13.3. The second kappa shape index (κ2) is 5.11. The Balaban J connectivity index is 1.52. The summed E-state index contributed by atoms with van der Waals surface area (Å²) in [4.78, 5) is 19.0. The number of amides is 1. The molecular formula is C16H17N5O. The fourth-order valence-electron chi connectivity index (χ4n) is 3.65. The first-order valence-corrected chi connectivity index (χ1v) is 7.63. The lowest BCUT2D eigenvalue weighted by Gasteiger charge is -2.30. The highest BCUT2D eigenvalue weighted by Crippen LogP contribution is 2.26. The molecule has 22 heavy (non-hydrogen) atoms. The Labute approximate surface area is 128 Å². The quantitative estimate of drug-likeness (QED) is 0.898. The highest BCUT2D eigenvalue weighted by atomic mass is 16.1. The van der Waals surface area contributed by atoms with E-state index in [9.17, 15) is 4.79 Å². The van der Waals surface area contributed by atoms with Crippen LogP contribution >= 0.6 is 0 Å². The number of nitriles is 1. The van der Waals surface area contributed by atoms with E-state index in [1.54, 1.807) is 16.5 Å². The molecule has 1 N–H and O–H groups in total. The summed E-state index contributed by atoms with van der Waals surface area (Å²) in [5.41, 5.74) is 1.73. The number of piperidine rings is 1. The van der Waals surface area contributed by atoms with Crippen LogP contribution in [0, 0.1) is 17.2 Å². The van der Waals surface area contributed by atoms with Crippen molar-refractivity contribution in [3.05, 3.63) is 35.9 Å². The third-order valence-electron chi connectivity index (χ3n) is 4.70. The third kappa shape index (κ3) is 2.24. The topological polar surface area (TPSA) is 73.4 Å². The summed E-state index contributed by atoms with van der Waals surface area (Å²) in [5, 5.41) is 12.1. The van der Waals surface area contributed by atoms with Gasteiger partial charge in [-0.3, -0.25) is 9.20 Å². The smallest absolute Gasteiger partial charge is 0.270 e. The van der Waals surface area contributed by atoms with Crippen LogP contribution in [-0.2, 0) is 0 Å². The molecule has 2 aliphatic heterocycles. The maximum absolute atomic E-state index is 12.4. The molecule has 1 amide bonds. The van der Waals surface area contributed by atoms with Crippen molar-refractivity contribution in [2.75, 3.05) is 19.6 Å². The molecule has 2 unspecified atom stereocenters. The average Bonchev–Trinajstić information content (AvgIpc) is 3.09. The fourth-order valence-corrected chi connectivity index (χ4v) is 3.65. The minimum Gasteiger partial charge on any atom is -0.347 e. The largest absolute Gasteiger partial charge is 0.347 e. The standard InChI is InChI=1S/C16H17N5O/c17-7-14-2-1-13-6-15(18-10-21(13)14)16(22)19-12-5-11-3-4-20(8-11)9-12/h1-2,6,10-12H,3-5,8-9H2,(H,19,22)/t11?,12-/m1/s1. The van der Waals surface area contributed by atoms with Gasteiger partial charge in [-0.15, -0.1) is 0 Å². The van der Waals surface area contributed by atoms with E-state index in [-0.39, 0.29) is 11.9 Å². The van der Waals surface area contributed by atoms with Crippen molar-refractivity contribution in [1.82, 2.24) is 19.6 Å². The molecule has 6 nitrogen and oxygen atoms in total. The number of hydrogen-bond acceptors (Lipinski definition) is 4. The molecule has 4 rings (SSSR count). The van der Waals surface area contributed by atoms with E-state index in [1.165, 1.54) is 19.3 Å². The van der Waals surface area contributed by atoms with Crippen LogP contribution < -0.4 is 5.32 Å². The number of aromatic nitrogens is 2. The van der Waals surface area contributed by atoms with E-state index >= 15 is 0 Å². The Kier molecular flexibility index (Phi) is 3.09. The normalized spacial score (nSPS) is 26.8. The number of carbonyl (C=O) groups excluding carboxylic acids is 1. The van der Waals surface area contributed by atoms with Gasteiger partial charge in [-0.2, -0.15) is 5.26 Å². The number of nitrogens with zero attached hydrogens (tertiary/aromatic N) is 4. The van der Waals surface area contributed by atoms with E-state index in [2.05, 4.69) is 21.3 Å². The highest BCUT2D eigenvalue weighted by Gasteiger charge is 2.33. The predicted octanol–water partition coefficient (Wildman–Crippen LogP) is 1.03. The zero-order valence-corrected chi connectivity index (χ0v) is 12.2. The van der Waals surface area contributed by atoms with Gasteiger partial charge in [0.15, 0.2) is 0 Å². The number of fused-ring (bicyclic) bond motifs is 3. The Morgan fingerprint density at radius 3 is 3.14 bits per heavy atom. The zero-order chi connectivity index (χ0) is 15.1. The summed E-state index contributed by atoms with van der Waals surface area (Å²) in [7, 11) is 0. The van der Waals surface area contributed by atoms with Crippen molar-refractivity contribution in [2.24, 2.45) is 5.92 Å². The van der Waals surface area contributed by atoms with Gasteiger partial charge in [0.25, 0.3) is 5.91 Å². The van der Waals surface area contributed by atoms with Crippen LogP contribution in [-0.4, -0.2) is 45.9 Å². The van der Waals surface area contributed by atoms with Crippen molar-refractivity contribution in [1.29, 1.82) is 5.26 Å². The summed E-state index contributed by atoms with van der Waals surface area (Å²) in [6.07, 6.45) is 3.85. The predicted molar refractivity (Wildman–Crippen MR) is 80.3 cm³/mol. The van der Waals surface area contributed by atoms with Gasteiger partial charge in [0.1, 0.15) is 23.8 Å². The molecule has 0 aliphatic carbocycles. The molecule has 0 saturated carbocycles. The van der Waals surface area contributed by atoms with Crippen molar-refractivity contribution in [3.63, 3.8) is 0 Å². The van der Waals surface area contributed by atoms with Gasteiger partial charge in [-0.05, 0) is 43.5 Å². The lowest BCUT2D eigenvalue weighted by Crippen LogP contribution is -2.47. The van der Waals surface area contributed by atoms with E-state index in [4.69, 9.17) is 5.26 Å². The monoisotopic (exact) mass is 295 g/mol. The van der Waals surface area contributed by atoms with E-state index in [1.807, 2.05) is 6.07 Å². The third-order valence-corrected chi connectivity index (χ3v) is 4.70. The number of nitrogens with one attached hydrogen (secondary N) is 1. The fraction of sp³-hybridized carbons (Fsp3) is 0.438. The van der Waals surface area contributed by atoms with Gasteiger partial charge in [-0.25, -0.2) is 4.98 Å². The molecule has 112 valence electrons. The Hall–Kier alpha value is -2.39. The maximum Gasteiger partial charge on any atom is 0.270 e. The Bertz CT molecular complexity index is 762. The molecule has 4 heterocycles. The maximum atomic E-state index is 12.4. The van der Waals surface area contributed by atoms with Crippen LogP contribution in [0.25, 0.3) is 5.52 Å².